The zero-order valence-corrected chi connectivity index (χ0v) is 13.0. The van der Waals surface area contributed by atoms with Crippen LogP contribution in [0.3, 0.4) is 0 Å². The van der Waals surface area contributed by atoms with Gasteiger partial charge in [-0.2, -0.15) is 0 Å². The Morgan fingerprint density at radius 3 is 2.45 bits per heavy atom. The van der Waals surface area contributed by atoms with Crippen LogP contribution in [0, 0.1) is 0 Å². The molecule has 3 N–H and O–H groups in total. The second-order valence-electron chi connectivity index (χ2n) is 4.33. The molecule has 0 aliphatic heterocycles. The summed E-state index contributed by atoms with van der Waals surface area (Å²) in [5.74, 6) is -0.141. The summed E-state index contributed by atoms with van der Waals surface area (Å²) in [6.45, 7) is 2.67. The molecule has 3 nitrogen and oxygen atoms in total. The number of carbonyl (C=O) groups excluding carboxylic acids is 1. The molecular formula is C15H19ClN2OS. The molecule has 1 atom stereocenters. The largest absolute Gasteiger partial charge is 0.350 e. The number of aryl methyl sites for hydroxylation is 1. The molecule has 0 saturated carbocycles. The maximum Gasteiger partial charge on any atom is 0.241 e. The van der Waals surface area contributed by atoms with E-state index in [0.29, 0.717) is 6.54 Å². The first-order valence-electron chi connectivity index (χ1n) is 6.36. The average Bonchev–Trinajstić information content (AvgIpc) is 2.93. The Labute approximate surface area is 129 Å². The average molecular weight is 311 g/mol. The van der Waals surface area contributed by atoms with Crippen molar-refractivity contribution in [3.05, 3.63) is 57.8 Å². The van der Waals surface area contributed by atoms with Crippen molar-refractivity contribution in [3.63, 3.8) is 0 Å². The maximum atomic E-state index is 12.0. The Bertz CT molecular complexity index is 542. The van der Waals surface area contributed by atoms with Gasteiger partial charge < -0.3 is 11.1 Å². The van der Waals surface area contributed by atoms with Gasteiger partial charge in [-0.05, 0) is 24.1 Å². The molecule has 0 aliphatic rings. The lowest BCUT2D eigenvalue weighted by atomic mass is 10.1. The number of halogens is 1. The van der Waals surface area contributed by atoms with E-state index >= 15 is 0 Å². The molecule has 2 rings (SSSR count). The van der Waals surface area contributed by atoms with Crippen LogP contribution in [0.4, 0.5) is 0 Å². The topological polar surface area (TPSA) is 55.1 Å². The summed E-state index contributed by atoms with van der Waals surface area (Å²) >= 11 is 1.73. The highest BCUT2D eigenvalue weighted by Gasteiger charge is 2.14. The molecule has 0 bridgehead atoms. The fraction of sp³-hybridized carbons (Fsp3) is 0.267. The van der Waals surface area contributed by atoms with Crippen LogP contribution < -0.4 is 11.1 Å². The quantitative estimate of drug-likeness (QED) is 0.892. The van der Waals surface area contributed by atoms with E-state index < -0.39 is 6.04 Å². The number of benzene rings is 1. The lowest BCUT2D eigenvalue weighted by Gasteiger charge is -2.11. The van der Waals surface area contributed by atoms with Crippen molar-refractivity contribution in [3.8, 4) is 0 Å². The molecule has 0 aliphatic carbocycles. The SMILES string of the molecule is CCc1ccc(CNC(=O)C(N)c2ccccc2)s1.Cl. The molecule has 1 unspecified atom stereocenters. The van der Waals surface area contributed by atoms with Crippen LogP contribution in [0.1, 0.15) is 28.3 Å². The summed E-state index contributed by atoms with van der Waals surface area (Å²) < 4.78 is 0. The second kappa shape index (κ2) is 8.04. The zero-order valence-electron chi connectivity index (χ0n) is 11.3. The van der Waals surface area contributed by atoms with Crippen LogP contribution >= 0.6 is 23.7 Å². The number of hydrogen-bond donors (Lipinski definition) is 2. The van der Waals surface area contributed by atoms with E-state index in [1.54, 1.807) is 11.3 Å². The van der Waals surface area contributed by atoms with Gasteiger partial charge in [0.05, 0.1) is 6.54 Å². The third-order valence-electron chi connectivity index (χ3n) is 2.94. The van der Waals surface area contributed by atoms with Crippen LogP contribution in [0.25, 0.3) is 0 Å². The van der Waals surface area contributed by atoms with E-state index in [2.05, 4.69) is 24.4 Å². The number of nitrogens with two attached hydrogens (primary N) is 1. The third kappa shape index (κ3) is 4.34. The minimum absolute atomic E-state index is 0. The molecule has 2 aromatic rings. The fourth-order valence-electron chi connectivity index (χ4n) is 1.80. The first-order valence-corrected chi connectivity index (χ1v) is 7.18. The lowest BCUT2D eigenvalue weighted by molar-refractivity contribution is -0.122. The van der Waals surface area contributed by atoms with E-state index in [1.165, 1.54) is 4.88 Å². The number of amides is 1. The lowest BCUT2D eigenvalue weighted by Crippen LogP contribution is -2.33. The molecule has 5 heteroatoms. The first-order chi connectivity index (χ1) is 9.20. The molecule has 20 heavy (non-hydrogen) atoms. The molecular weight excluding hydrogens is 292 g/mol. The van der Waals surface area contributed by atoms with Gasteiger partial charge >= 0.3 is 0 Å². The summed E-state index contributed by atoms with van der Waals surface area (Å²) in [4.78, 5) is 14.4. The summed E-state index contributed by atoms with van der Waals surface area (Å²) in [5, 5.41) is 2.88. The van der Waals surface area contributed by atoms with Crippen molar-refractivity contribution in [2.24, 2.45) is 5.73 Å². The predicted octanol–water partition coefficient (Wildman–Crippen LogP) is 3.05. The van der Waals surface area contributed by atoms with Crippen molar-refractivity contribution in [2.75, 3.05) is 0 Å². The summed E-state index contributed by atoms with van der Waals surface area (Å²) in [7, 11) is 0. The van der Waals surface area contributed by atoms with Gasteiger partial charge in [0, 0.05) is 9.75 Å². The Morgan fingerprint density at radius 2 is 1.85 bits per heavy atom. The number of hydrogen-bond acceptors (Lipinski definition) is 3. The minimum Gasteiger partial charge on any atom is -0.350 e. The van der Waals surface area contributed by atoms with Crippen LogP contribution in [-0.2, 0) is 17.8 Å². The summed E-state index contributed by atoms with van der Waals surface area (Å²) in [6, 6.07) is 13.0. The second-order valence-corrected chi connectivity index (χ2v) is 5.58. The number of carbonyl (C=O) groups is 1. The first kappa shape index (κ1) is 16.7. The van der Waals surface area contributed by atoms with E-state index in [4.69, 9.17) is 5.73 Å². The van der Waals surface area contributed by atoms with Crippen LogP contribution in [0.15, 0.2) is 42.5 Å². The summed E-state index contributed by atoms with van der Waals surface area (Å²) in [5.41, 5.74) is 6.76. The molecule has 1 aromatic heterocycles. The number of thiophene rings is 1. The van der Waals surface area contributed by atoms with Gasteiger partial charge in [0.2, 0.25) is 5.91 Å². The molecule has 1 amide bonds. The van der Waals surface area contributed by atoms with Gasteiger partial charge in [-0.1, -0.05) is 37.3 Å². The standard InChI is InChI=1S/C15H18N2OS.ClH/c1-2-12-8-9-13(19-12)10-17-15(18)14(16)11-6-4-3-5-7-11;/h3-9,14H,2,10,16H2,1H3,(H,17,18);1H. The van der Waals surface area contributed by atoms with Gasteiger partial charge in [-0.25, -0.2) is 0 Å². The minimum atomic E-state index is -0.605. The van der Waals surface area contributed by atoms with Crippen LogP contribution in [0.2, 0.25) is 0 Å². The van der Waals surface area contributed by atoms with Crippen LogP contribution in [0.5, 0.6) is 0 Å². The van der Waals surface area contributed by atoms with Gasteiger partial charge in [-0.15, -0.1) is 23.7 Å². The molecule has 0 saturated heterocycles. The van der Waals surface area contributed by atoms with Gasteiger partial charge in [0.15, 0.2) is 0 Å². The van der Waals surface area contributed by atoms with Gasteiger partial charge in [0.1, 0.15) is 6.04 Å². The van der Waals surface area contributed by atoms with Crippen molar-refractivity contribution >= 4 is 29.7 Å². The van der Waals surface area contributed by atoms with Crippen LogP contribution in [-0.4, -0.2) is 5.91 Å². The van der Waals surface area contributed by atoms with E-state index in [-0.39, 0.29) is 18.3 Å². The van der Waals surface area contributed by atoms with Gasteiger partial charge in [0.25, 0.3) is 0 Å². The molecule has 1 aromatic carbocycles. The van der Waals surface area contributed by atoms with Crippen molar-refractivity contribution < 1.29 is 4.79 Å². The predicted molar refractivity (Wildman–Crippen MR) is 86.2 cm³/mol. The van der Waals surface area contributed by atoms with Gasteiger partial charge in [-0.3, -0.25) is 4.79 Å². The molecule has 0 radical (unpaired) electrons. The molecule has 0 fully saturated rings. The molecule has 108 valence electrons. The smallest absolute Gasteiger partial charge is 0.241 e. The highest BCUT2D eigenvalue weighted by Crippen LogP contribution is 2.17. The highest BCUT2D eigenvalue weighted by molar-refractivity contribution is 7.11. The zero-order chi connectivity index (χ0) is 13.7. The number of rotatable bonds is 5. The van der Waals surface area contributed by atoms with Crippen molar-refractivity contribution in [2.45, 2.75) is 25.9 Å². The number of nitrogens with one attached hydrogen (secondary N) is 1. The monoisotopic (exact) mass is 310 g/mol. The Balaban J connectivity index is 0.00000200. The fourth-order valence-corrected chi connectivity index (χ4v) is 2.70. The van der Waals surface area contributed by atoms with Crippen molar-refractivity contribution in [1.82, 2.24) is 5.32 Å². The van der Waals surface area contributed by atoms with E-state index in [1.807, 2.05) is 30.3 Å². The maximum absolute atomic E-state index is 12.0. The normalized spacial score (nSPS) is 11.5. The van der Waals surface area contributed by atoms with E-state index in [0.717, 1.165) is 16.9 Å². The molecule has 1 heterocycles. The molecule has 0 spiro atoms. The Kier molecular flexibility index (Phi) is 6.71. The highest BCUT2D eigenvalue weighted by atomic mass is 35.5. The summed E-state index contributed by atoms with van der Waals surface area (Å²) in [6.07, 6.45) is 1.03. The van der Waals surface area contributed by atoms with E-state index in [9.17, 15) is 4.79 Å². The Morgan fingerprint density at radius 1 is 1.20 bits per heavy atom. The third-order valence-corrected chi connectivity index (χ3v) is 4.17. The Hall–Kier alpha value is -1.36. The van der Waals surface area contributed by atoms with Crippen molar-refractivity contribution in [1.29, 1.82) is 0 Å².